The molecule has 9 rings (SSSR count). The molecule has 1 fully saturated rings. The number of fused-ring (bicyclic) bond motifs is 5. The Morgan fingerprint density at radius 3 is 1.21 bits per heavy atom. The summed E-state index contributed by atoms with van der Waals surface area (Å²) in [4.78, 5) is 32.4. The van der Waals surface area contributed by atoms with Crippen LogP contribution in [0.3, 0.4) is 0 Å². The van der Waals surface area contributed by atoms with Crippen LogP contribution in [0, 0.1) is 37.5 Å². The number of phenols is 6. The highest BCUT2D eigenvalue weighted by atomic mass is 16.6. The van der Waals surface area contributed by atoms with Crippen molar-refractivity contribution in [1.29, 1.82) is 0 Å². The summed E-state index contributed by atoms with van der Waals surface area (Å²) in [6.07, 6.45) is 6.15. The minimum absolute atomic E-state index is 0.0182. The molecule has 92 heavy (non-hydrogen) atoms. The molecule has 0 amide bonds. The van der Waals surface area contributed by atoms with Crippen molar-refractivity contribution >= 4 is 17.5 Å². The monoisotopic (exact) mass is 1250 g/mol. The van der Waals surface area contributed by atoms with Crippen LogP contribution in [-0.2, 0) is 67.8 Å². The summed E-state index contributed by atoms with van der Waals surface area (Å²) >= 11 is 0. The molecule has 2 bridgehead atoms. The highest BCUT2D eigenvalue weighted by Crippen LogP contribution is 2.67. The average molecular weight is 1250 g/mol. The summed E-state index contributed by atoms with van der Waals surface area (Å²) in [5, 5.41) is 69.9. The van der Waals surface area contributed by atoms with Crippen molar-refractivity contribution in [3.63, 3.8) is 0 Å². The molecule has 6 atom stereocenters. The number of allylic oxidation sites excluding steroid dienone is 3. The van der Waals surface area contributed by atoms with Gasteiger partial charge in [0.2, 0.25) is 0 Å². The second-order valence-electron chi connectivity index (χ2n) is 34.0. The molecule has 0 aliphatic heterocycles. The molecule has 0 saturated heterocycles. The molecule has 0 heterocycles. The molecule has 6 aromatic carbocycles. The van der Waals surface area contributed by atoms with Gasteiger partial charge >= 0.3 is 11.9 Å². The number of carbonyl (C=O) groups is 2. The minimum Gasteiger partial charge on any atom is -0.508 e. The number of aryl methyl sites for hydroxylation is 2. The van der Waals surface area contributed by atoms with Crippen LogP contribution >= 0.6 is 0 Å². The second-order valence-corrected chi connectivity index (χ2v) is 34.0. The molecule has 1 saturated carbocycles. The van der Waals surface area contributed by atoms with E-state index in [1.807, 2.05) is 171 Å². The van der Waals surface area contributed by atoms with Crippen LogP contribution in [0.15, 0.2) is 115 Å². The maximum atomic E-state index is 16.5. The van der Waals surface area contributed by atoms with E-state index in [0.29, 0.717) is 38.9 Å². The zero-order valence-corrected chi connectivity index (χ0v) is 59.0. The first-order valence-corrected chi connectivity index (χ1v) is 33.0. The third-order valence-electron chi connectivity index (χ3n) is 20.8. The summed E-state index contributed by atoms with van der Waals surface area (Å²) in [6.45, 7) is 44.3. The molecule has 0 aromatic heterocycles. The van der Waals surface area contributed by atoms with Gasteiger partial charge in [-0.05, 0) is 191 Å². The van der Waals surface area contributed by atoms with E-state index in [0.717, 1.165) is 50.9 Å². The van der Waals surface area contributed by atoms with Gasteiger partial charge in [0, 0.05) is 16.4 Å². The van der Waals surface area contributed by atoms with E-state index < -0.39 is 73.4 Å². The van der Waals surface area contributed by atoms with Crippen molar-refractivity contribution in [2.24, 2.45) is 23.7 Å². The molecular formula is C82H104O10. The Bertz CT molecular complexity index is 3800. The normalized spacial score (nSPS) is 19.9. The zero-order valence-electron chi connectivity index (χ0n) is 59.0. The van der Waals surface area contributed by atoms with Gasteiger partial charge in [-0.1, -0.05) is 217 Å². The Morgan fingerprint density at radius 1 is 0.457 bits per heavy atom. The number of phenolic OH excluding ortho intramolecular Hbond substituents is 6. The van der Waals surface area contributed by atoms with Gasteiger partial charge in [-0.2, -0.15) is 0 Å². The largest absolute Gasteiger partial charge is 0.508 e. The van der Waals surface area contributed by atoms with Crippen molar-refractivity contribution in [1.82, 2.24) is 0 Å². The maximum absolute atomic E-state index is 16.5. The van der Waals surface area contributed by atoms with Crippen molar-refractivity contribution in [2.75, 3.05) is 6.61 Å². The van der Waals surface area contributed by atoms with Crippen LogP contribution in [-0.4, -0.2) is 55.3 Å². The van der Waals surface area contributed by atoms with Crippen LogP contribution < -0.4 is 0 Å². The fourth-order valence-electron chi connectivity index (χ4n) is 15.5. The predicted molar refractivity (Wildman–Crippen MR) is 371 cm³/mol. The number of benzene rings is 6. The third-order valence-corrected chi connectivity index (χ3v) is 20.8. The third kappa shape index (κ3) is 12.6. The highest BCUT2D eigenvalue weighted by Gasteiger charge is 2.65. The number of esters is 2. The van der Waals surface area contributed by atoms with E-state index in [1.165, 1.54) is 0 Å². The highest BCUT2D eigenvalue weighted by molar-refractivity contribution is 5.84. The number of carbonyl (C=O) groups excluding carboxylic acids is 2. The topological polar surface area (TPSA) is 174 Å². The summed E-state index contributed by atoms with van der Waals surface area (Å²) in [5.74, 6) is -0.511. The molecule has 0 spiro atoms. The number of hydrogen-bond donors (Lipinski definition) is 6. The Balaban J connectivity index is 1.32. The van der Waals surface area contributed by atoms with Crippen LogP contribution in [0.25, 0.3) is 5.57 Å². The van der Waals surface area contributed by atoms with Crippen LogP contribution in [0.2, 0.25) is 0 Å². The average Bonchev–Trinajstić information content (AvgIpc) is 1.50. The fourth-order valence-corrected chi connectivity index (χ4v) is 15.5. The van der Waals surface area contributed by atoms with Crippen molar-refractivity contribution in [2.45, 2.75) is 226 Å². The number of hydrogen-bond acceptors (Lipinski definition) is 10. The predicted octanol–water partition coefficient (Wildman–Crippen LogP) is 18.3. The first-order valence-electron chi connectivity index (χ1n) is 33.0. The van der Waals surface area contributed by atoms with Crippen LogP contribution in [0.5, 0.6) is 34.5 Å². The molecule has 10 heteroatoms. The van der Waals surface area contributed by atoms with E-state index in [2.05, 4.69) is 71.9 Å². The van der Waals surface area contributed by atoms with E-state index in [-0.39, 0.29) is 71.0 Å². The zero-order chi connectivity index (χ0) is 68.3. The Kier molecular flexibility index (Phi) is 17.6. The molecule has 0 radical (unpaired) electrons. The molecule has 492 valence electrons. The molecule has 6 unspecified atom stereocenters. The van der Waals surface area contributed by atoms with Gasteiger partial charge < -0.3 is 40.1 Å². The van der Waals surface area contributed by atoms with E-state index in [4.69, 9.17) is 9.47 Å². The van der Waals surface area contributed by atoms with Gasteiger partial charge in [-0.15, -0.1) is 0 Å². The summed E-state index contributed by atoms with van der Waals surface area (Å²) in [6, 6.07) is 30.2. The van der Waals surface area contributed by atoms with E-state index in [1.54, 1.807) is 24.3 Å². The minimum atomic E-state index is -1.30. The summed E-state index contributed by atoms with van der Waals surface area (Å²) < 4.78 is 14.5. The van der Waals surface area contributed by atoms with Gasteiger partial charge in [0.05, 0.1) is 18.3 Å². The van der Waals surface area contributed by atoms with Gasteiger partial charge in [-0.3, -0.25) is 9.59 Å². The van der Waals surface area contributed by atoms with Gasteiger partial charge in [0.1, 0.15) is 47.2 Å². The molecule has 6 aromatic rings. The van der Waals surface area contributed by atoms with Crippen LogP contribution in [0.1, 0.15) is 236 Å². The lowest BCUT2D eigenvalue weighted by Crippen LogP contribution is -2.52. The number of aromatic hydroxyl groups is 6. The lowest BCUT2D eigenvalue weighted by Gasteiger charge is -2.47. The number of ether oxygens (including phenoxy) is 2. The fraction of sp³-hybridized carbons (Fsp3) is 0.488. The Labute approximate surface area is 548 Å². The van der Waals surface area contributed by atoms with Crippen molar-refractivity contribution in [3.05, 3.63) is 193 Å². The van der Waals surface area contributed by atoms with Gasteiger partial charge in [0.25, 0.3) is 0 Å². The maximum Gasteiger partial charge on any atom is 0.307 e. The molecular weight excluding hydrogens is 1140 g/mol. The smallest absolute Gasteiger partial charge is 0.307 e. The summed E-state index contributed by atoms with van der Waals surface area (Å²) in [5.41, 5.74) is 4.39. The Morgan fingerprint density at radius 2 is 0.815 bits per heavy atom. The molecule has 3 aliphatic carbocycles. The van der Waals surface area contributed by atoms with Gasteiger partial charge in [0.15, 0.2) is 0 Å². The standard InChI is InChI=1S/C82H104O10/c1-46-33-50(36-62(72(46)89)78(15,16)17)57-42-56-48-23-24-49(35-48)71(56)82(57,55-34-47(2)73(90)63(41-55)79(18,19)20)68(92-70(88)44-81(22,53-27-31-66(85)60(39-53)76(9,10)11)54-28-32-67(86)61(40-54)77(12,13)14)45-91-69(87)43-80(21,51-25-29-64(83)58(37-51)74(3,4)5)52-26-30-65(84)59(38-52)75(6,7)8/h23-34,36-42,48-49,56,68,71,83-86,89-90H,35,43-45H2,1-22H3. The quantitative estimate of drug-likeness (QED) is 0.0455. The molecule has 6 N–H and O–H groups in total. The van der Waals surface area contributed by atoms with Crippen molar-refractivity contribution in [3.8, 4) is 34.5 Å². The lowest BCUT2D eigenvalue weighted by atomic mass is 9.58. The van der Waals surface area contributed by atoms with Gasteiger partial charge in [-0.25, -0.2) is 0 Å². The number of rotatable bonds is 14. The van der Waals surface area contributed by atoms with E-state index >= 15 is 9.59 Å². The Hall–Kier alpha value is -7.46. The molecule has 10 nitrogen and oxygen atoms in total. The summed E-state index contributed by atoms with van der Waals surface area (Å²) in [7, 11) is 0. The van der Waals surface area contributed by atoms with E-state index in [9.17, 15) is 30.6 Å². The second kappa shape index (κ2) is 23.5. The SMILES string of the molecule is Cc1cc(C2=CC3C4C=CC(C4)C3C2(c2cc(C)c(O)c(C(C)(C)C)c2)C(COC(=O)CC(C)(c2ccc(O)c(C(C)(C)C)c2)c2ccc(O)c(C(C)(C)C)c2)OC(=O)CC(C)(c2ccc(O)c(C(C)(C)C)c2)c2ccc(O)c(C(C)(C)C)c2)cc(C(C)(C)C)c1O. The molecule has 3 aliphatic rings. The first kappa shape index (κ1) is 68.9. The first-order chi connectivity index (χ1) is 42.2. The lowest BCUT2D eigenvalue weighted by molar-refractivity contribution is -0.165. The van der Waals surface area contributed by atoms with Crippen LogP contribution in [0.4, 0.5) is 0 Å². The van der Waals surface area contributed by atoms with Crippen molar-refractivity contribution < 1.29 is 49.7 Å².